The predicted octanol–water partition coefficient (Wildman–Crippen LogP) is 1.97. The van der Waals surface area contributed by atoms with Crippen molar-refractivity contribution in [2.75, 3.05) is 41.3 Å². The molecule has 0 aliphatic heterocycles. The number of carbonyl (C=O) groups excluding carboxylic acids is 2. The molecule has 2 N–H and O–H groups in total. The van der Waals surface area contributed by atoms with Gasteiger partial charge in [-0.25, -0.2) is 0 Å². The molecular formula is C20H34IN5O2. The zero-order valence-corrected chi connectivity index (χ0v) is 20.3. The van der Waals surface area contributed by atoms with E-state index >= 15 is 0 Å². The number of hydrogen-bond acceptors (Lipinski definition) is 3. The van der Waals surface area contributed by atoms with Crippen LogP contribution in [-0.4, -0.2) is 74.4 Å². The van der Waals surface area contributed by atoms with Gasteiger partial charge in [-0.05, 0) is 44.9 Å². The highest BCUT2D eigenvalue weighted by Gasteiger charge is 2.16. The topological polar surface area (TPSA) is 77.0 Å². The zero-order chi connectivity index (χ0) is 20.6. The van der Waals surface area contributed by atoms with Crippen LogP contribution in [0.15, 0.2) is 29.3 Å². The smallest absolute Gasteiger partial charge is 0.253 e. The lowest BCUT2D eigenvalue weighted by Gasteiger charge is -2.25. The second-order valence-corrected chi connectivity index (χ2v) is 7.78. The van der Waals surface area contributed by atoms with E-state index in [1.54, 1.807) is 30.9 Å². The largest absolute Gasteiger partial charge is 0.356 e. The third-order valence-corrected chi connectivity index (χ3v) is 3.75. The molecule has 7 nitrogen and oxygen atoms in total. The Morgan fingerprint density at radius 1 is 1.14 bits per heavy atom. The molecule has 0 bridgehead atoms. The number of halogens is 1. The molecule has 28 heavy (non-hydrogen) atoms. The van der Waals surface area contributed by atoms with E-state index in [1.807, 2.05) is 52.1 Å². The van der Waals surface area contributed by atoms with Crippen molar-refractivity contribution in [1.82, 2.24) is 20.4 Å². The molecular weight excluding hydrogens is 469 g/mol. The summed E-state index contributed by atoms with van der Waals surface area (Å²) in [6.07, 6.45) is 0.746. The number of rotatable bonds is 6. The van der Waals surface area contributed by atoms with E-state index in [2.05, 4.69) is 15.6 Å². The minimum atomic E-state index is -0.260. The summed E-state index contributed by atoms with van der Waals surface area (Å²) < 4.78 is 0. The van der Waals surface area contributed by atoms with Crippen LogP contribution in [0, 0.1) is 0 Å². The molecule has 0 aromatic heterocycles. The van der Waals surface area contributed by atoms with Gasteiger partial charge in [-0.1, -0.05) is 12.1 Å². The lowest BCUT2D eigenvalue weighted by molar-refractivity contribution is -0.122. The Labute approximate surface area is 186 Å². The van der Waals surface area contributed by atoms with Crippen molar-refractivity contribution in [2.45, 2.75) is 32.7 Å². The average molecular weight is 503 g/mol. The lowest BCUT2D eigenvalue weighted by atomic mass is 10.1. The molecule has 158 valence electrons. The number of likely N-dealkylation sites (N-methyl/N-ethyl adjacent to an activating group) is 1. The minimum absolute atomic E-state index is 0. The van der Waals surface area contributed by atoms with E-state index < -0.39 is 0 Å². The summed E-state index contributed by atoms with van der Waals surface area (Å²) in [7, 11) is 7.00. The van der Waals surface area contributed by atoms with Gasteiger partial charge in [0, 0.05) is 45.8 Å². The standard InChI is InChI=1S/C20H33N5O2.HI/c1-20(2,3)23-17(26)14-25(7)19(21-4)22-12-11-15-9-8-10-16(13-15)18(27)24(5)6;/h8-10,13H,11-12,14H2,1-7H3,(H,21,22)(H,23,26);1H. The van der Waals surface area contributed by atoms with Crippen LogP contribution in [-0.2, 0) is 11.2 Å². The second kappa shape index (κ2) is 11.9. The zero-order valence-electron chi connectivity index (χ0n) is 18.0. The summed E-state index contributed by atoms with van der Waals surface area (Å²) in [5, 5.41) is 6.20. The molecule has 0 atom stereocenters. The van der Waals surface area contributed by atoms with Gasteiger partial charge in [0.15, 0.2) is 5.96 Å². The molecule has 0 spiro atoms. The molecule has 0 saturated carbocycles. The first-order chi connectivity index (χ1) is 12.5. The number of amides is 2. The fourth-order valence-electron chi connectivity index (χ4n) is 2.57. The molecule has 0 aliphatic carbocycles. The van der Waals surface area contributed by atoms with Crippen molar-refractivity contribution < 1.29 is 9.59 Å². The molecule has 1 aromatic rings. The van der Waals surface area contributed by atoms with Crippen molar-refractivity contribution >= 4 is 41.8 Å². The van der Waals surface area contributed by atoms with Gasteiger partial charge in [0.2, 0.25) is 5.91 Å². The predicted molar refractivity (Wildman–Crippen MR) is 125 cm³/mol. The first-order valence-corrected chi connectivity index (χ1v) is 9.07. The van der Waals surface area contributed by atoms with E-state index in [-0.39, 0.29) is 47.9 Å². The summed E-state index contributed by atoms with van der Waals surface area (Å²) >= 11 is 0. The van der Waals surface area contributed by atoms with Crippen molar-refractivity contribution in [3.05, 3.63) is 35.4 Å². The molecule has 2 amide bonds. The third kappa shape index (κ3) is 9.38. The second-order valence-electron chi connectivity index (χ2n) is 7.78. The molecule has 0 unspecified atom stereocenters. The third-order valence-electron chi connectivity index (χ3n) is 3.75. The first-order valence-electron chi connectivity index (χ1n) is 9.07. The van der Waals surface area contributed by atoms with Crippen LogP contribution in [0.2, 0.25) is 0 Å². The SMILES string of the molecule is CN=C(NCCc1cccc(C(=O)N(C)C)c1)N(C)CC(=O)NC(C)(C)C.I. The fourth-order valence-corrected chi connectivity index (χ4v) is 2.57. The normalized spacial score (nSPS) is 11.3. The van der Waals surface area contributed by atoms with Gasteiger partial charge >= 0.3 is 0 Å². The average Bonchev–Trinajstić information content (AvgIpc) is 2.56. The quantitative estimate of drug-likeness (QED) is 0.354. The van der Waals surface area contributed by atoms with Gasteiger partial charge in [0.25, 0.3) is 5.91 Å². The van der Waals surface area contributed by atoms with E-state index in [4.69, 9.17) is 0 Å². The molecule has 0 fully saturated rings. The van der Waals surface area contributed by atoms with Crippen LogP contribution in [0.3, 0.4) is 0 Å². The van der Waals surface area contributed by atoms with Gasteiger partial charge in [-0.3, -0.25) is 14.6 Å². The van der Waals surface area contributed by atoms with Crippen LogP contribution in [0.25, 0.3) is 0 Å². The molecule has 1 aromatic carbocycles. The van der Waals surface area contributed by atoms with Crippen LogP contribution >= 0.6 is 24.0 Å². The van der Waals surface area contributed by atoms with E-state index in [9.17, 15) is 9.59 Å². The van der Waals surface area contributed by atoms with E-state index in [1.165, 1.54) is 0 Å². The Morgan fingerprint density at radius 2 is 1.79 bits per heavy atom. The van der Waals surface area contributed by atoms with E-state index in [0.29, 0.717) is 18.1 Å². The van der Waals surface area contributed by atoms with Crippen LogP contribution in [0.5, 0.6) is 0 Å². The van der Waals surface area contributed by atoms with Crippen molar-refractivity contribution in [3.8, 4) is 0 Å². The van der Waals surface area contributed by atoms with Crippen LogP contribution in [0.1, 0.15) is 36.7 Å². The van der Waals surface area contributed by atoms with Gasteiger partial charge in [0.05, 0.1) is 6.54 Å². The van der Waals surface area contributed by atoms with Crippen molar-refractivity contribution in [2.24, 2.45) is 4.99 Å². The maximum Gasteiger partial charge on any atom is 0.253 e. The maximum absolute atomic E-state index is 12.1. The molecule has 0 saturated heterocycles. The molecule has 0 aliphatic rings. The Balaban J connectivity index is 0.00000729. The number of aliphatic imine (C=N–C) groups is 1. The minimum Gasteiger partial charge on any atom is -0.356 e. The Kier molecular flexibility index (Phi) is 11.1. The number of nitrogens with one attached hydrogen (secondary N) is 2. The van der Waals surface area contributed by atoms with Crippen molar-refractivity contribution in [3.63, 3.8) is 0 Å². The fraction of sp³-hybridized carbons (Fsp3) is 0.550. The number of hydrogen-bond donors (Lipinski definition) is 2. The summed E-state index contributed by atoms with van der Waals surface area (Å²) in [4.78, 5) is 31.7. The Bertz CT molecular complexity index is 683. The van der Waals surface area contributed by atoms with Gasteiger partial charge in [-0.2, -0.15) is 0 Å². The van der Waals surface area contributed by atoms with Gasteiger partial charge in [-0.15, -0.1) is 24.0 Å². The first kappa shape index (κ1) is 26.2. The highest BCUT2D eigenvalue weighted by molar-refractivity contribution is 14.0. The van der Waals surface area contributed by atoms with Crippen LogP contribution in [0.4, 0.5) is 0 Å². The summed E-state index contributed by atoms with van der Waals surface area (Å²) in [6.45, 7) is 6.73. The maximum atomic E-state index is 12.1. The monoisotopic (exact) mass is 503 g/mol. The molecule has 8 heteroatoms. The van der Waals surface area contributed by atoms with Gasteiger partial charge < -0.3 is 20.4 Å². The van der Waals surface area contributed by atoms with E-state index in [0.717, 1.165) is 12.0 Å². The molecule has 1 rings (SSSR count). The summed E-state index contributed by atoms with van der Waals surface area (Å²) in [5.41, 5.74) is 1.49. The highest BCUT2D eigenvalue weighted by Crippen LogP contribution is 2.08. The molecule has 0 heterocycles. The number of benzene rings is 1. The summed E-state index contributed by atoms with van der Waals surface area (Å²) in [5.74, 6) is 0.590. The lowest BCUT2D eigenvalue weighted by Crippen LogP contribution is -2.49. The number of carbonyl (C=O) groups is 2. The van der Waals surface area contributed by atoms with Crippen molar-refractivity contribution in [1.29, 1.82) is 0 Å². The molecule has 0 radical (unpaired) electrons. The van der Waals surface area contributed by atoms with Crippen LogP contribution < -0.4 is 10.6 Å². The Hall–Kier alpha value is -1.84. The Morgan fingerprint density at radius 3 is 2.32 bits per heavy atom. The number of nitrogens with zero attached hydrogens (tertiary/aromatic N) is 3. The highest BCUT2D eigenvalue weighted by atomic mass is 127. The van der Waals surface area contributed by atoms with Gasteiger partial charge in [0.1, 0.15) is 0 Å². The number of guanidine groups is 1. The summed E-state index contributed by atoms with van der Waals surface area (Å²) in [6, 6.07) is 7.62.